The van der Waals surface area contributed by atoms with Crippen molar-refractivity contribution in [3.8, 4) is 10.6 Å². The number of nitrogens with two attached hydrogens (primary N) is 1. The molecular weight excluding hydrogens is 368 g/mol. The topological polar surface area (TPSA) is 115 Å². The van der Waals surface area contributed by atoms with Crippen molar-refractivity contribution in [2.45, 2.75) is 0 Å². The Bertz CT molecular complexity index is 959. The van der Waals surface area contributed by atoms with Crippen LogP contribution in [0.4, 0.5) is 5.69 Å². The molecule has 1 amide bonds. The van der Waals surface area contributed by atoms with E-state index in [4.69, 9.17) is 5.73 Å². The first-order valence-corrected chi connectivity index (χ1v) is 10.2. The van der Waals surface area contributed by atoms with Gasteiger partial charge in [-0.3, -0.25) is 9.52 Å². The lowest BCUT2D eigenvalue weighted by Crippen LogP contribution is -2.09. The molecule has 2 heterocycles. The van der Waals surface area contributed by atoms with Crippen LogP contribution in [-0.2, 0) is 14.8 Å². The molecule has 0 saturated heterocycles. The molecule has 0 saturated carbocycles. The van der Waals surface area contributed by atoms with Gasteiger partial charge in [-0.1, -0.05) is 0 Å². The molecule has 1 aliphatic heterocycles. The number of anilines is 1. The molecule has 124 valence electrons. The van der Waals surface area contributed by atoms with E-state index in [1.165, 1.54) is 11.3 Å². The highest BCUT2D eigenvalue weighted by molar-refractivity contribution is 8.18. The second-order valence-electron chi connectivity index (χ2n) is 4.89. The molecule has 1 aromatic carbocycles. The van der Waals surface area contributed by atoms with Gasteiger partial charge in [-0.05, 0) is 42.1 Å². The number of carbonyl (C=O) groups excluding carboxylic acids is 1. The molecule has 1 aliphatic rings. The third-order valence-corrected chi connectivity index (χ3v) is 5.20. The maximum atomic E-state index is 11.6. The molecule has 3 N–H and O–H groups in total. The molecule has 0 bridgehead atoms. The number of rotatable bonds is 4. The molecule has 10 heteroatoms. The summed E-state index contributed by atoms with van der Waals surface area (Å²) in [6.45, 7) is 0. The number of hydrogen-bond acceptors (Lipinski definition) is 7. The largest absolute Gasteiger partial charge is 0.378 e. The van der Waals surface area contributed by atoms with Crippen molar-refractivity contribution in [2.24, 2.45) is 10.7 Å². The van der Waals surface area contributed by atoms with Crippen LogP contribution in [0.25, 0.3) is 16.6 Å². The van der Waals surface area contributed by atoms with Gasteiger partial charge in [0.25, 0.3) is 5.91 Å². The Kier molecular flexibility index (Phi) is 4.43. The number of amides is 1. The number of nitrogens with one attached hydrogen (secondary N) is 1. The zero-order valence-corrected chi connectivity index (χ0v) is 14.8. The van der Waals surface area contributed by atoms with Crippen LogP contribution in [0.5, 0.6) is 0 Å². The number of hydrogen-bond donors (Lipinski definition) is 2. The normalized spacial score (nSPS) is 16.5. The summed E-state index contributed by atoms with van der Waals surface area (Å²) in [5.41, 5.74) is 7.49. The van der Waals surface area contributed by atoms with Gasteiger partial charge in [0.15, 0.2) is 5.17 Å². The van der Waals surface area contributed by atoms with Crippen LogP contribution < -0.4 is 10.5 Å². The van der Waals surface area contributed by atoms with Gasteiger partial charge >= 0.3 is 0 Å². The maximum Gasteiger partial charge on any atom is 0.286 e. The summed E-state index contributed by atoms with van der Waals surface area (Å²) in [6, 6.07) is 6.89. The van der Waals surface area contributed by atoms with E-state index in [0.29, 0.717) is 16.3 Å². The van der Waals surface area contributed by atoms with Crippen LogP contribution in [0.15, 0.2) is 39.5 Å². The molecule has 7 nitrogen and oxygen atoms in total. The number of thiazole rings is 1. The lowest BCUT2D eigenvalue weighted by molar-refractivity contribution is -0.113. The highest BCUT2D eigenvalue weighted by atomic mass is 32.2. The summed E-state index contributed by atoms with van der Waals surface area (Å²) >= 11 is 2.54. The summed E-state index contributed by atoms with van der Waals surface area (Å²) < 4.78 is 24.8. The standard InChI is InChI=1S/C14H12N4O3S3/c1-24(20,21)18-9-4-2-8(3-5-9)13-16-10(7-22-13)6-11-12(19)17-14(15)23-11/h2-7,18H,1H3,(H2,15,17,19)/b11-6+. The summed E-state index contributed by atoms with van der Waals surface area (Å²) in [7, 11) is -3.30. The molecule has 3 rings (SSSR count). The molecular formula is C14H12N4O3S3. The van der Waals surface area contributed by atoms with Crippen molar-refractivity contribution in [3.63, 3.8) is 0 Å². The van der Waals surface area contributed by atoms with Gasteiger partial charge in [-0.2, -0.15) is 4.99 Å². The molecule has 0 unspecified atom stereocenters. The number of carbonyl (C=O) groups is 1. The molecule has 2 aromatic rings. The minimum absolute atomic E-state index is 0.232. The van der Waals surface area contributed by atoms with Crippen molar-refractivity contribution in [2.75, 3.05) is 11.0 Å². The van der Waals surface area contributed by atoms with E-state index in [1.54, 1.807) is 30.3 Å². The second kappa shape index (κ2) is 6.38. The van der Waals surface area contributed by atoms with Crippen LogP contribution in [0.2, 0.25) is 0 Å². The van der Waals surface area contributed by atoms with Crippen molar-refractivity contribution in [1.29, 1.82) is 0 Å². The molecule has 0 fully saturated rings. The number of thioether (sulfide) groups is 1. The fourth-order valence-electron chi connectivity index (χ4n) is 1.94. The number of sulfonamides is 1. The Hall–Kier alpha value is -2.17. The third-order valence-electron chi connectivity index (χ3n) is 2.87. The van der Waals surface area contributed by atoms with Gasteiger partial charge in [0, 0.05) is 16.6 Å². The number of benzene rings is 1. The second-order valence-corrected chi connectivity index (χ2v) is 8.56. The Morgan fingerprint density at radius 1 is 1.25 bits per heavy atom. The average molecular weight is 380 g/mol. The Morgan fingerprint density at radius 3 is 2.54 bits per heavy atom. The molecule has 24 heavy (non-hydrogen) atoms. The predicted molar refractivity (Wildman–Crippen MR) is 98.2 cm³/mol. The molecule has 0 atom stereocenters. The fourth-order valence-corrected chi connectivity index (χ4v) is 3.95. The zero-order valence-electron chi connectivity index (χ0n) is 12.4. The zero-order chi connectivity index (χ0) is 17.3. The van der Waals surface area contributed by atoms with Gasteiger partial charge in [0.2, 0.25) is 10.0 Å². The first-order chi connectivity index (χ1) is 11.3. The van der Waals surface area contributed by atoms with Gasteiger partial charge in [-0.15, -0.1) is 11.3 Å². The van der Waals surface area contributed by atoms with Crippen molar-refractivity contribution in [3.05, 3.63) is 40.2 Å². The van der Waals surface area contributed by atoms with E-state index in [1.807, 2.05) is 5.38 Å². The van der Waals surface area contributed by atoms with Crippen LogP contribution in [-0.4, -0.2) is 30.7 Å². The first-order valence-electron chi connectivity index (χ1n) is 6.62. The summed E-state index contributed by atoms with van der Waals surface area (Å²) in [6.07, 6.45) is 2.75. The number of aromatic nitrogens is 1. The van der Waals surface area contributed by atoms with Crippen LogP contribution >= 0.6 is 23.1 Å². The summed E-state index contributed by atoms with van der Waals surface area (Å²) in [4.78, 5) is 20.1. The Labute approximate surface area is 146 Å². The minimum atomic E-state index is -3.30. The smallest absolute Gasteiger partial charge is 0.286 e. The SMILES string of the molecule is CS(=O)(=O)Nc1ccc(-c2nc(/C=C3/SC(N)=NC3=O)cs2)cc1. The van der Waals surface area contributed by atoms with Crippen LogP contribution in [0.1, 0.15) is 5.69 Å². The number of amidine groups is 1. The first kappa shape index (κ1) is 16.7. The third kappa shape index (κ3) is 4.02. The molecule has 0 spiro atoms. The average Bonchev–Trinajstić information content (AvgIpc) is 3.06. The van der Waals surface area contributed by atoms with Crippen LogP contribution in [0, 0.1) is 0 Å². The fraction of sp³-hybridized carbons (Fsp3) is 0.0714. The predicted octanol–water partition coefficient (Wildman–Crippen LogP) is 2.11. The van der Waals surface area contributed by atoms with E-state index >= 15 is 0 Å². The van der Waals surface area contributed by atoms with E-state index < -0.39 is 10.0 Å². The number of nitrogens with zero attached hydrogens (tertiary/aromatic N) is 2. The lowest BCUT2D eigenvalue weighted by Gasteiger charge is -2.04. The van der Waals surface area contributed by atoms with Gasteiger partial charge < -0.3 is 5.73 Å². The summed E-state index contributed by atoms with van der Waals surface area (Å²) in [5, 5.41) is 2.82. The van der Waals surface area contributed by atoms with E-state index in [-0.39, 0.29) is 11.1 Å². The summed E-state index contributed by atoms with van der Waals surface area (Å²) in [5.74, 6) is -0.358. The van der Waals surface area contributed by atoms with Gasteiger partial charge in [-0.25, -0.2) is 13.4 Å². The van der Waals surface area contributed by atoms with Crippen molar-refractivity contribution >= 4 is 56.0 Å². The quantitative estimate of drug-likeness (QED) is 0.785. The highest BCUT2D eigenvalue weighted by Crippen LogP contribution is 2.29. The molecule has 0 radical (unpaired) electrons. The maximum absolute atomic E-state index is 11.6. The van der Waals surface area contributed by atoms with Crippen molar-refractivity contribution < 1.29 is 13.2 Å². The number of aliphatic imine (C=N–C) groups is 1. The Balaban J connectivity index is 1.79. The van der Waals surface area contributed by atoms with Crippen molar-refractivity contribution in [1.82, 2.24) is 4.98 Å². The lowest BCUT2D eigenvalue weighted by atomic mass is 10.2. The van der Waals surface area contributed by atoms with E-state index in [9.17, 15) is 13.2 Å². The van der Waals surface area contributed by atoms with E-state index in [2.05, 4.69) is 14.7 Å². The van der Waals surface area contributed by atoms with E-state index in [0.717, 1.165) is 28.6 Å². The molecule has 1 aromatic heterocycles. The Morgan fingerprint density at radius 2 is 1.96 bits per heavy atom. The molecule has 0 aliphatic carbocycles. The van der Waals surface area contributed by atoms with Gasteiger partial charge in [0.05, 0.1) is 16.9 Å². The van der Waals surface area contributed by atoms with Crippen LogP contribution in [0.3, 0.4) is 0 Å². The monoisotopic (exact) mass is 380 g/mol. The highest BCUT2D eigenvalue weighted by Gasteiger charge is 2.20. The minimum Gasteiger partial charge on any atom is -0.378 e. The van der Waals surface area contributed by atoms with Gasteiger partial charge in [0.1, 0.15) is 5.01 Å².